The Hall–Kier alpha value is -0.320. The van der Waals surface area contributed by atoms with Gasteiger partial charge < -0.3 is 10.1 Å². The summed E-state index contributed by atoms with van der Waals surface area (Å²) in [7, 11) is 0. The number of benzene rings is 1. The van der Waals surface area contributed by atoms with Crippen molar-refractivity contribution >= 4 is 23.5 Å². The largest absolute Gasteiger partial charge is 0.494 e. The molecule has 0 radical (unpaired) electrons. The van der Waals surface area contributed by atoms with Crippen molar-refractivity contribution in [3.05, 3.63) is 29.8 Å². The minimum atomic E-state index is 0.730. The van der Waals surface area contributed by atoms with Crippen LogP contribution in [0.2, 0.25) is 0 Å². The predicted molar refractivity (Wildman–Crippen MR) is 82.9 cm³/mol. The molecule has 1 heterocycles. The second kappa shape index (κ2) is 7.97. The van der Waals surface area contributed by atoms with Crippen molar-refractivity contribution in [3.8, 4) is 5.75 Å². The summed E-state index contributed by atoms with van der Waals surface area (Å²) in [6.45, 7) is 4.81. The Labute approximate surface area is 118 Å². The molecule has 0 aromatic heterocycles. The van der Waals surface area contributed by atoms with Gasteiger partial charge in [-0.25, -0.2) is 0 Å². The molecular weight excluding hydrogens is 262 g/mol. The van der Waals surface area contributed by atoms with Crippen LogP contribution in [0.5, 0.6) is 5.75 Å². The lowest BCUT2D eigenvalue weighted by molar-refractivity contribution is 0.340. The molecule has 1 aromatic rings. The first-order valence-electron chi connectivity index (χ1n) is 6.50. The van der Waals surface area contributed by atoms with E-state index in [1.807, 2.05) is 19.1 Å². The van der Waals surface area contributed by atoms with Crippen molar-refractivity contribution in [2.24, 2.45) is 0 Å². The van der Waals surface area contributed by atoms with E-state index in [9.17, 15) is 0 Å². The van der Waals surface area contributed by atoms with Gasteiger partial charge in [0.05, 0.1) is 6.61 Å². The SMILES string of the molecule is CCOc1ccc(CNCC2CSCCS2)cc1. The maximum absolute atomic E-state index is 5.43. The summed E-state index contributed by atoms with van der Waals surface area (Å²) in [5.41, 5.74) is 1.33. The quantitative estimate of drug-likeness (QED) is 0.866. The van der Waals surface area contributed by atoms with E-state index in [1.165, 1.54) is 22.8 Å². The van der Waals surface area contributed by atoms with E-state index >= 15 is 0 Å². The normalized spacial score (nSPS) is 19.7. The van der Waals surface area contributed by atoms with Crippen LogP contribution in [0.15, 0.2) is 24.3 Å². The van der Waals surface area contributed by atoms with Crippen LogP contribution in [0, 0.1) is 0 Å². The van der Waals surface area contributed by atoms with Crippen LogP contribution >= 0.6 is 23.5 Å². The summed E-state index contributed by atoms with van der Waals surface area (Å²) in [4.78, 5) is 0. The third kappa shape index (κ3) is 4.75. The molecule has 1 fully saturated rings. The molecule has 18 heavy (non-hydrogen) atoms. The van der Waals surface area contributed by atoms with Gasteiger partial charge in [-0.3, -0.25) is 0 Å². The maximum atomic E-state index is 5.43. The highest BCUT2D eigenvalue weighted by molar-refractivity contribution is 8.06. The summed E-state index contributed by atoms with van der Waals surface area (Å²) in [5, 5.41) is 4.33. The van der Waals surface area contributed by atoms with E-state index in [0.29, 0.717) is 0 Å². The minimum absolute atomic E-state index is 0.730. The first kappa shape index (κ1) is 14.1. The van der Waals surface area contributed by atoms with Gasteiger partial charge >= 0.3 is 0 Å². The van der Waals surface area contributed by atoms with Gasteiger partial charge in [-0.05, 0) is 24.6 Å². The Balaban J connectivity index is 1.69. The summed E-state index contributed by atoms with van der Waals surface area (Å²) < 4.78 is 5.43. The van der Waals surface area contributed by atoms with E-state index in [0.717, 1.165) is 30.7 Å². The third-order valence-electron chi connectivity index (χ3n) is 2.82. The predicted octanol–water partition coefficient (Wildman–Crippen LogP) is 3.02. The molecule has 1 atom stereocenters. The average Bonchev–Trinajstić information content (AvgIpc) is 2.42. The van der Waals surface area contributed by atoms with Gasteiger partial charge in [0, 0.05) is 35.6 Å². The summed E-state index contributed by atoms with van der Waals surface area (Å²) in [5.74, 6) is 4.88. The fraction of sp³-hybridized carbons (Fsp3) is 0.571. The van der Waals surface area contributed by atoms with E-state index in [2.05, 4.69) is 41.0 Å². The molecule has 0 spiro atoms. The topological polar surface area (TPSA) is 21.3 Å². The van der Waals surface area contributed by atoms with Gasteiger partial charge in [-0.1, -0.05) is 12.1 Å². The molecule has 1 aliphatic heterocycles. The Morgan fingerprint density at radius 1 is 1.28 bits per heavy atom. The molecule has 100 valence electrons. The molecule has 0 bridgehead atoms. The van der Waals surface area contributed by atoms with Gasteiger partial charge in [-0.15, -0.1) is 0 Å². The highest BCUT2D eigenvalue weighted by Gasteiger charge is 2.13. The van der Waals surface area contributed by atoms with E-state index in [4.69, 9.17) is 4.74 Å². The van der Waals surface area contributed by atoms with Crippen LogP contribution in [0.1, 0.15) is 12.5 Å². The lowest BCUT2D eigenvalue weighted by Gasteiger charge is -2.21. The van der Waals surface area contributed by atoms with Crippen LogP contribution in [0.25, 0.3) is 0 Å². The zero-order valence-electron chi connectivity index (χ0n) is 10.9. The number of thioether (sulfide) groups is 2. The number of nitrogens with one attached hydrogen (secondary N) is 1. The smallest absolute Gasteiger partial charge is 0.119 e. The first-order valence-corrected chi connectivity index (χ1v) is 8.70. The van der Waals surface area contributed by atoms with Gasteiger partial charge in [0.25, 0.3) is 0 Å². The summed E-state index contributed by atoms with van der Waals surface area (Å²) in [6, 6.07) is 8.37. The second-order valence-electron chi connectivity index (χ2n) is 4.28. The zero-order chi connectivity index (χ0) is 12.6. The Morgan fingerprint density at radius 2 is 2.11 bits per heavy atom. The molecule has 2 rings (SSSR count). The molecule has 0 aliphatic carbocycles. The fourth-order valence-corrected chi connectivity index (χ4v) is 4.55. The Bertz CT molecular complexity index is 336. The zero-order valence-corrected chi connectivity index (χ0v) is 12.5. The second-order valence-corrected chi connectivity index (χ2v) is 6.83. The molecule has 4 heteroatoms. The number of rotatable bonds is 6. The van der Waals surface area contributed by atoms with Gasteiger partial charge in [-0.2, -0.15) is 23.5 Å². The van der Waals surface area contributed by atoms with Gasteiger partial charge in [0.2, 0.25) is 0 Å². The highest BCUT2D eigenvalue weighted by atomic mass is 32.2. The van der Waals surface area contributed by atoms with Crippen molar-refractivity contribution in [2.75, 3.05) is 30.4 Å². The Morgan fingerprint density at radius 3 is 2.78 bits per heavy atom. The third-order valence-corrected chi connectivity index (χ3v) is 5.67. The lowest BCUT2D eigenvalue weighted by atomic mass is 10.2. The van der Waals surface area contributed by atoms with Crippen molar-refractivity contribution in [2.45, 2.75) is 18.7 Å². The molecule has 1 unspecified atom stereocenters. The highest BCUT2D eigenvalue weighted by Crippen LogP contribution is 2.23. The van der Waals surface area contributed by atoms with Crippen LogP contribution < -0.4 is 10.1 Å². The monoisotopic (exact) mass is 283 g/mol. The standard InChI is InChI=1S/C14H21NOS2/c1-2-16-13-5-3-12(4-6-13)9-15-10-14-11-17-7-8-18-14/h3-6,14-15H,2,7-11H2,1H3. The van der Waals surface area contributed by atoms with Gasteiger partial charge in [0.15, 0.2) is 0 Å². The van der Waals surface area contributed by atoms with Crippen LogP contribution in [0.3, 0.4) is 0 Å². The van der Waals surface area contributed by atoms with E-state index < -0.39 is 0 Å². The van der Waals surface area contributed by atoms with Crippen molar-refractivity contribution < 1.29 is 4.74 Å². The van der Waals surface area contributed by atoms with Crippen LogP contribution in [-0.2, 0) is 6.54 Å². The van der Waals surface area contributed by atoms with Crippen LogP contribution in [0.4, 0.5) is 0 Å². The molecule has 1 aromatic carbocycles. The maximum Gasteiger partial charge on any atom is 0.119 e. The number of hydrogen-bond donors (Lipinski definition) is 1. The molecule has 0 saturated carbocycles. The summed E-state index contributed by atoms with van der Waals surface area (Å²) >= 11 is 4.18. The average molecular weight is 283 g/mol. The molecule has 1 saturated heterocycles. The molecule has 2 nitrogen and oxygen atoms in total. The van der Waals surface area contributed by atoms with Crippen molar-refractivity contribution in [3.63, 3.8) is 0 Å². The van der Waals surface area contributed by atoms with Crippen molar-refractivity contribution in [1.82, 2.24) is 5.32 Å². The lowest BCUT2D eigenvalue weighted by Crippen LogP contribution is -2.28. The Kier molecular flexibility index (Phi) is 6.24. The molecule has 1 N–H and O–H groups in total. The molecule has 1 aliphatic rings. The number of ether oxygens (including phenoxy) is 1. The molecular formula is C14H21NOS2. The van der Waals surface area contributed by atoms with Crippen molar-refractivity contribution in [1.29, 1.82) is 0 Å². The first-order chi connectivity index (χ1) is 8.88. The number of hydrogen-bond acceptors (Lipinski definition) is 4. The van der Waals surface area contributed by atoms with Crippen LogP contribution in [-0.4, -0.2) is 35.7 Å². The molecule has 0 amide bonds. The minimum Gasteiger partial charge on any atom is -0.494 e. The van der Waals surface area contributed by atoms with E-state index in [1.54, 1.807) is 0 Å². The van der Waals surface area contributed by atoms with E-state index in [-0.39, 0.29) is 0 Å². The fourth-order valence-electron chi connectivity index (χ4n) is 1.90. The van der Waals surface area contributed by atoms with Gasteiger partial charge in [0.1, 0.15) is 5.75 Å². The summed E-state index contributed by atoms with van der Waals surface area (Å²) in [6.07, 6.45) is 0.